The van der Waals surface area contributed by atoms with Crippen LogP contribution in [0.5, 0.6) is 0 Å². The number of allylic oxidation sites excluding steroid dienone is 1. The van der Waals surface area contributed by atoms with Crippen LogP contribution in [0, 0.1) is 11.3 Å². The van der Waals surface area contributed by atoms with Gasteiger partial charge >= 0.3 is 6.18 Å². The molecule has 166 valence electrons. The summed E-state index contributed by atoms with van der Waals surface area (Å²) in [5.41, 5.74) is 0.353. The van der Waals surface area contributed by atoms with Crippen LogP contribution in [-0.4, -0.2) is 9.97 Å². The van der Waals surface area contributed by atoms with Gasteiger partial charge in [-0.1, -0.05) is 12.1 Å². The van der Waals surface area contributed by atoms with E-state index in [0.29, 0.717) is 10.2 Å². The number of aromatic nitrogens is 2. The van der Waals surface area contributed by atoms with E-state index in [9.17, 15) is 23.2 Å². The Morgan fingerprint density at radius 1 is 1.21 bits per heavy atom. The zero-order valence-corrected chi connectivity index (χ0v) is 17.9. The first kappa shape index (κ1) is 21.2. The van der Waals surface area contributed by atoms with E-state index in [1.165, 1.54) is 40.5 Å². The lowest BCUT2D eigenvalue weighted by Crippen LogP contribution is -2.12. The summed E-state index contributed by atoms with van der Waals surface area (Å²) in [6.07, 6.45) is 0.851. The van der Waals surface area contributed by atoms with E-state index in [1.807, 2.05) is 6.07 Å². The van der Waals surface area contributed by atoms with Crippen molar-refractivity contribution >= 4 is 33.2 Å². The summed E-state index contributed by atoms with van der Waals surface area (Å²) >= 11 is 1.48. The Bertz CT molecular complexity index is 1500. The molecule has 0 amide bonds. The molecule has 0 fully saturated rings. The summed E-state index contributed by atoms with van der Waals surface area (Å²) in [5.74, 6) is 0.616. The summed E-state index contributed by atoms with van der Waals surface area (Å²) in [7, 11) is 0. The second-order valence-electron chi connectivity index (χ2n) is 7.76. The van der Waals surface area contributed by atoms with Crippen LogP contribution >= 0.6 is 11.3 Å². The maximum absolute atomic E-state index is 13.0. The van der Waals surface area contributed by atoms with Crippen LogP contribution < -0.4 is 5.56 Å². The van der Waals surface area contributed by atoms with Gasteiger partial charge in [-0.25, -0.2) is 4.98 Å². The molecule has 0 unspecified atom stereocenters. The minimum Gasteiger partial charge on any atom is -0.457 e. The van der Waals surface area contributed by atoms with E-state index < -0.39 is 11.7 Å². The van der Waals surface area contributed by atoms with Crippen LogP contribution in [0.4, 0.5) is 13.2 Å². The number of H-pyrrole nitrogens is 1. The highest BCUT2D eigenvalue weighted by molar-refractivity contribution is 7.18. The molecule has 3 aromatic heterocycles. The van der Waals surface area contributed by atoms with Crippen molar-refractivity contribution in [2.45, 2.75) is 31.9 Å². The second-order valence-corrected chi connectivity index (χ2v) is 8.84. The molecule has 1 aromatic carbocycles. The summed E-state index contributed by atoms with van der Waals surface area (Å²) in [6.45, 7) is 0. The van der Waals surface area contributed by atoms with E-state index in [4.69, 9.17) is 4.42 Å². The van der Waals surface area contributed by atoms with Crippen molar-refractivity contribution in [2.75, 3.05) is 0 Å². The molecule has 0 atom stereocenters. The van der Waals surface area contributed by atoms with Crippen molar-refractivity contribution in [3.05, 3.63) is 74.3 Å². The van der Waals surface area contributed by atoms with E-state index in [0.717, 1.165) is 43.4 Å². The minimum absolute atomic E-state index is 0.0883. The van der Waals surface area contributed by atoms with Gasteiger partial charge in [0.2, 0.25) is 0 Å². The van der Waals surface area contributed by atoms with Crippen LogP contribution in [0.3, 0.4) is 0 Å². The van der Waals surface area contributed by atoms with Gasteiger partial charge in [0.05, 0.1) is 16.5 Å². The number of halogens is 3. The number of fused-ring (bicyclic) bond motifs is 3. The molecule has 1 aliphatic rings. The number of nitrogens with zero attached hydrogens (tertiary/aromatic N) is 2. The van der Waals surface area contributed by atoms with Crippen molar-refractivity contribution in [3.8, 4) is 17.4 Å². The average Bonchev–Trinajstić information content (AvgIpc) is 3.41. The van der Waals surface area contributed by atoms with Gasteiger partial charge in [0.25, 0.3) is 5.56 Å². The Balaban J connectivity index is 1.51. The Morgan fingerprint density at radius 2 is 2.03 bits per heavy atom. The molecule has 0 aliphatic heterocycles. The van der Waals surface area contributed by atoms with Crippen LogP contribution in [0.25, 0.3) is 33.2 Å². The molecular weight excluding hydrogens is 451 g/mol. The molecule has 0 saturated carbocycles. The lowest BCUT2D eigenvalue weighted by atomic mass is 9.97. The van der Waals surface area contributed by atoms with Crippen LogP contribution in [0.15, 0.2) is 45.6 Å². The molecule has 0 bridgehead atoms. The standard InChI is InChI=1S/C24H16F3N3O2S/c25-24(26,27)15-5-3-4-13(10-15)18-9-8-16(32-18)11-14(12-28)21-29-22(31)20-17-6-1-2-7-19(17)33-23(20)30-21/h3-5,8-11H,1-2,6-7H2,(H,29,30,31)/b14-11+. The molecule has 0 radical (unpaired) electrons. The van der Waals surface area contributed by atoms with E-state index in [-0.39, 0.29) is 34.0 Å². The number of furan rings is 1. The average molecular weight is 467 g/mol. The molecule has 5 nitrogen and oxygen atoms in total. The molecular formula is C24H16F3N3O2S. The third-order valence-corrected chi connectivity index (χ3v) is 6.77. The molecule has 0 saturated heterocycles. The fourth-order valence-corrected chi connectivity index (χ4v) is 5.28. The fraction of sp³-hybridized carbons (Fsp3) is 0.208. The van der Waals surface area contributed by atoms with Gasteiger partial charge in [-0.15, -0.1) is 11.3 Å². The first-order valence-electron chi connectivity index (χ1n) is 10.3. The number of nitrogens with one attached hydrogen (secondary N) is 1. The van der Waals surface area contributed by atoms with Crippen LogP contribution in [0.2, 0.25) is 0 Å². The van der Waals surface area contributed by atoms with Gasteiger partial charge in [0, 0.05) is 16.5 Å². The summed E-state index contributed by atoms with van der Waals surface area (Å²) in [4.78, 5) is 21.8. The van der Waals surface area contributed by atoms with Crippen molar-refractivity contribution in [2.24, 2.45) is 0 Å². The maximum atomic E-state index is 13.0. The number of aromatic amines is 1. The van der Waals surface area contributed by atoms with Crippen molar-refractivity contribution in [1.29, 1.82) is 5.26 Å². The molecule has 1 N–H and O–H groups in total. The predicted octanol–water partition coefficient (Wildman–Crippen LogP) is 6.21. The lowest BCUT2D eigenvalue weighted by Gasteiger charge is -2.09. The third-order valence-electron chi connectivity index (χ3n) is 5.59. The summed E-state index contributed by atoms with van der Waals surface area (Å²) < 4.78 is 44.7. The maximum Gasteiger partial charge on any atom is 0.416 e. The van der Waals surface area contributed by atoms with Gasteiger partial charge in [-0.2, -0.15) is 18.4 Å². The Morgan fingerprint density at radius 3 is 2.82 bits per heavy atom. The van der Waals surface area contributed by atoms with Gasteiger partial charge in [-0.3, -0.25) is 4.79 Å². The SMILES string of the molecule is N#C/C(=C\c1ccc(-c2cccc(C(F)(F)F)c2)o1)c1nc2sc3c(c2c(=O)[nH]1)CCCC3. The fourth-order valence-electron chi connectivity index (χ4n) is 4.02. The zero-order chi connectivity index (χ0) is 23.2. The second kappa shape index (κ2) is 8.05. The van der Waals surface area contributed by atoms with Crippen molar-refractivity contribution in [1.82, 2.24) is 9.97 Å². The first-order valence-corrected chi connectivity index (χ1v) is 11.1. The molecule has 9 heteroatoms. The van der Waals surface area contributed by atoms with Gasteiger partial charge < -0.3 is 9.40 Å². The Hall–Kier alpha value is -3.64. The minimum atomic E-state index is -4.46. The smallest absolute Gasteiger partial charge is 0.416 e. The van der Waals surface area contributed by atoms with E-state index in [1.54, 1.807) is 6.07 Å². The first-order chi connectivity index (χ1) is 15.8. The molecule has 5 rings (SSSR count). The highest BCUT2D eigenvalue weighted by atomic mass is 32.1. The molecule has 1 aliphatic carbocycles. The van der Waals surface area contributed by atoms with Gasteiger partial charge in [-0.05, 0) is 55.5 Å². The summed E-state index contributed by atoms with van der Waals surface area (Å²) in [5, 5.41) is 10.3. The number of nitriles is 1. The Kier molecular flexibility index (Phi) is 5.17. The predicted molar refractivity (Wildman–Crippen MR) is 120 cm³/mol. The number of thiophene rings is 1. The number of benzene rings is 1. The molecule has 33 heavy (non-hydrogen) atoms. The summed E-state index contributed by atoms with van der Waals surface area (Å²) in [6, 6.07) is 9.91. The quantitative estimate of drug-likeness (QED) is 0.363. The highest BCUT2D eigenvalue weighted by Gasteiger charge is 2.30. The highest BCUT2D eigenvalue weighted by Crippen LogP contribution is 2.35. The third kappa shape index (κ3) is 3.98. The largest absolute Gasteiger partial charge is 0.457 e. The molecule has 4 aromatic rings. The molecule has 3 heterocycles. The number of aryl methyl sites for hydroxylation is 2. The number of hydrogen-bond donors (Lipinski definition) is 1. The van der Waals surface area contributed by atoms with Crippen molar-refractivity contribution < 1.29 is 17.6 Å². The molecule has 0 spiro atoms. The zero-order valence-electron chi connectivity index (χ0n) is 17.1. The van der Waals surface area contributed by atoms with Crippen LogP contribution in [0.1, 0.15) is 40.4 Å². The van der Waals surface area contributed by atoms with E-state index in [2.05, 4.69) is 9.97 Å². The van der Waals surface area contributed by atoms with Gasteiger partial charge in [0.15, 0.2) is 5.82 Å². The van der Waals surface area contributed by atoms with Crippen molar-refractivity contribution in [3.63, 3.8) is 0 Å². The van der Waals surface area contributed by atoms with E-state index >= 15 is 0 Å². The number of rotatable bonds is 3. The lowest BCUT2D eigenvalue weighted by molar-refractivity contribution is -0.137. The van der Waals surface area contributed by atoms with Gasteiger partial charge in [0.1, 0.15) is 22.4 Å². The topological polar surface area (TPSA) is 82.7 Å². The number of alkyl halides is 3. The normalized spacial score (nSPS) is 14.3. The monoisotopic (exact) mass is 467 g/mol. The van der Waals surface area contributed by atoms with Crippen LogP contribution in [-0.2, 0) is 19.0 Å². The Labute approximate surface area is 189 Å². The number of hydrogen-bond acceptors (Lipinski definition) is 5.